The van der Waals surface area contributed by atoms with E-state index < -0.39 is 0 Å². The Hall–Kier alpha value is -7.88. The molecule has 0 amide bonds. The number of amidine groups is 1. The van der Waals surface area contributed by atoms with Gasteiger partial charge in [0.1, 0.15) is 11.2 Å². The molecule has 4 atom stereocenters. The topological polar surface area (TPSA) is 37.9 Å². The molecule has 14 rings (SSSR count). The zero-order valence-corrected chi connectivity index (χ0v) is 38.0. The summed E-state index contributed by atoms with van der Waals surface area (Å²) in [6.45, 7) is 2.34. The molecule has 11 aromatic rings. The third kappa shape index (κ3) is 6.11. The van der Waals surface area contributed by atoms with Crippen LogP contribution in [0.4, 0.5) is 0 Å². The average molecular weight is 873 g/mol. The molecule has 0 radical (unpaired) electrons. The number of nitrogens with zero attached hydrogens (tertiary/aromatic N) is 2. The molecule has 3 aliphatic rings. The lowest BCUT2D eigenvalue weighted by Crippen LogP contribution is -2.38. The fourth-order valence-electron chi connectivity index (χ4n) is 12.6. The van der Waals surface area contributed by atoms with Gasteiger partial charge in [0.15, 0.2) is 5.84 Å². The normalized spacial score (nSPS) is 18.7. The van der Waals surface area contributed by atoms with Crippen molar-refractivity contribution in [2.24, 2.45) is 15.9 Å². The minimum atomic E-state index is -0.0902. The van der Waals surface area contributed by atoms with Crippen molar-refractivity contribution in [3.8, 4) is 22.3 Å². The van der Waals surface area contributed by atoms with Crippen molar-refractivity contribution in [1.82, 2.24) is 0 Å². The lowest BCUT2D eigenvalue weighted by molar-refractivity contribution is 0.428. The summed E-state index contributed by atoms with van der Waals surface area (Å²) < 4.78 is 7.02. The third-order valence-corrected chi connectivity index (χ3v) is 15.7. The van der Waals surface area contributed by atoms with E-state index in [1.165, 1.54) is 88.0 Å². The second kappa shape index (κ2) is 15.6. The molecule has 1 aromatic heterocycles. The van der Waals surface area contributed by atoms with Crippen LogP contribution in [-0.2, 0) is 12.8 Å². The molecular weight excluding hydrogens is 825 g/mol. The molecule has 3 heteroatoms. The molecule has 0 spiro atoms. The number of aryl methyl sites for hydroxylation is 1. The van der Waals surface area contributed by atoms with Gasteiger partial charge in [-0.15, -0.1) is 0 Å². The summed E-state index contributed by atoms with van der Waals surface area (Å²) >= 11 is 0. The van der Waals surface area contributed by atoms with Crippen LogP contribution in [0, 0.1) is 5.92 Å². The first-order valence-corrected chi connectivity index (χ1v) is 24.5. The van der Waals surface area contributed by atoms with Gasteiger partial charge in [-0.1, -0.05) is 177 Å². The van der Waals surface area contributed by atoms with Gasteiger partial charge in [0.05, 0.1) is 17.3 Å². The monoisotopic (exact) mass is 872 g/mol. The van der Waals surface area contributed by atoms with Gasteiger partial charge < -0.3 is 4.42 Å². The highest BCUT2D eigenvalue weighted by molar-refractivity contribution is 6.25. The summed E-state index contributed by atoms with van der Waals surface area (Å²) in [7, 11) is 0. The predicted molar refractivity (Wildman–Crippen MR) is 284 cm³/mol. The van der Waals surface area contributed by atoms with E-state index in [0.717, 1.165) is 64.7 Å². The van der Waals surface area contributed by atoms with Gasteiger partial charge in [-0.25, -0.2) is 4.99 Å². The molecule has 324 valence electrons. The van der Waals surface area contributed by atoms with Crippen LogP contribution in [0.1, 0.15) is 70.5 Å². The second-order valence-electron chi connectivity index (χ2n) is 19.3. The van der Waals surface area contributed by atoms with Crippen LogP contribution in [0.5, 0.6) is 0 Å². The number of furan rings is 1. The molecule has 4 unspecified atom stereocenters. The van der Waals surface area contributed by atoms with E-state index in [1.54, 1.807) is 0 Å². The standard InChI is InChI=1S/C65H48N2O/c1-2-45-62(57-35-41-19-5-7-21-46(41)49-23-10-13-27-53(49)57)66-65(67-63(45)58-36-42-20-6-8-22-47(42)50-24-11-14-28-54(50)58)60-38-44(37-59-55-29-15-16-30-61(55)68-64(59)60)48-32-31-43-33-39-17-3-4-18-40(39)34-56(43)52-26-12-9-25-51(48)52/h3-30,33-35,37-38,45,48,58,63H,2,31-32,36H2,1H3. The predicted octanol–water partition coefficient (Wildman–Crippen LogP) is 16.4. The van der Waals surface area contributed by atoms with Gasteiger partial charge >= 0.3 is 0 Å². The molecule has 3 nitrogen and oxygen atoms in total. The van der Waals surface area contributed by atoms with Crippen molar-refractivity contribution in [3.63, 3.8) is 0 Å². The van der Waals surface area contributed by atoms with Crippen LogP contribution in [0.25, 0.3) is 76.5 Å². The largest absolute Gasteiger partial charge is 0.455 e. The quantitative estimate of drug-likeness (QED) is 0.159. The van der Waals surface area contributed by atoms with Crippen LogP contribution in [0.15, 0.2) is 215 Å². The molecule has 1 aliphatic heterocycles. The zero-order chi connectivity index (χ0) is 44.9. The summed E-state index contributed by atoms with van der Waals surface area (Å²) in [6.07, 6.45) is 3.76. The van der Waals surface area contributed by atoms with Crippen molar-refractivity contribution < 1.29 is 4.42 Å². The van der Waals surface area contributed by atoms with Gasteiger partial charge in [0.25, 0.3) is 0 Å². The fourth-order valence-corrected chi connectivity index (χ4v) is 12.6. The number of fused-ring (bicyclic) bond motifs is 13. The summed E-state index contributed by atoms with van der Waals surface area (Å²) in [6, 6.07) is 74.2. The van der Waals surface area contributed by atoms with Crippen LogP contribution < -0.4 is 0 Å². The Morgan fingerprint density at radius 3 is 1.94 bits per heavy atom. The highest BCUT2D eigenvalue weighted by Gasteiger charge is 2.40. The van der Waals surface area contributed by atoms with E-state index >= 15 is 0 Å². The van der Waals surface area contributed by atoms with Gasteiger partial charge in [-0.3, -0.25) is 4.99 Å². The van der Waals surface area contributed by atoms with Crippen LogP contribution in [0.2, 0.25) is 0 Å². The van der Waals surface area contributed by atoms with E-state index in [9.17, 15) is 0 Å². The Balaban J connectivity index is 1.03. The van der Waals surface area contributed by atoms with E-state index in [1.807, 2.05) is 0 Å². The summed E-state index contributed by atoms with van der Waals surface area (Å²) in [5, 5.41) is 9.75. The molecule has 0 saturated heterocycles. The molecular formula is C65H48N2O. The molecule has 0 bridgehead atoms. The number of aliphatic imine (C=N–C) groups is 2. The van der Waals surface area contributed by atoms with Crippen molar-refractivity contribution in [3.05, 3.63) is 239 Å². The highest BCUT2D eigenvalue weighted by Crippen LogP contribution is 2.48. The first-order chi connectivity index (χ1) is 33.7. The van der Waals surface area contributed by atoms with Gasteiger partial charge in [0, 0.05) is 34.1 Å². The smallest absolute Gasteiger partial charge is 0.158 e. The Morgan fingerprint density at radius 1 is 0.485 bits per heavy atom. The average Bonchev–Trinajstić information content (AvgIpc) is 3.70. The van der Waals surface area contributed by atoms with E-state index in [4.69, 9.17) is 14.4 Å². The van der Waals surface area contributed by atoms with Crippen LogP contribution in [0.3, 0.4) is 0 Å². The van der Waals surface area contributed by atoms with Gasteiger partial charge in [0.2, 0.25) is 0 Å². The second-order valence-corrected chi connectivity index (χ2v) is 19.3. The molecule has 0 fully saturated rings. The van der Waals surface area contributed by atoms with Gasteiger partial charge in [-0.2, -0.15) is 0 Å². The Labute approximate surface area is 396 Å². The molecule has 68 heavy (non-hydrogen) atoms. The number of para-hydroxylation sites is 1. The SMILES string of the molecule is CCC1C(c2cc3ccccc3c3ccccc23)=NC(c2cc(C3CCc4cc5ccccc5cc4-c4ccccc43)cc3c2oc2ccccc23)=NC1C1Cc2ccccc2-c2ccccc21. The number of benzene rings is 10. The lowest BCUT2D eigenvalue weighted by Gasteiger charge is -2.38. The third-order valence-electron chi connectivity index (χ3n) is 15.7. The van der Waals surface area contributed by atoms with Crippen molar-refractivity contribution in [1.29, 1.82) is 0 Å². The van der Waals surface area contributed by atoms with E-state index in [0.29, 0.717) is 0 Å². The molecule has 2 aliphatic carbocycles. The maximum absolute atomic E-state index is 7.02. The molecule has 10 aromatic carbocycles. The van der Waals surface area contributed by atoms with E-state index in [2.05, 4.69) is 207 Å². The Kier molecular flexibility index (Phi) is 9.02. The number of hydrogen-bond acceptors (Lipinski definition) is 3. The molecule has 0 N–H and O–H groups in total. The van der Waals surface area contributed by atoms with E-state index in [-0.39, 0.29) is 23.8 Å². The molecule has 0 saturated carbocycles. The number of rotatable bonds is 5. The minimum Gasteiger partial charge on any atom is -0.455 e. The summed E-state index contributed by atoms with van der Waals surface area (Å²) in [5.74, 6) is 1.08. The van der Waals surface area contributed by atoms with Crippen LogP contribution >= 0.6 is 0 Å². The summed E-state index contributed by atoms with van der Waals surface area (Å²) in [4.78, 5) is 11.9. The lowest BCUT2D eigenvalue weighted by atomic mass is 9.70. The maximum Gasteiger partial charge on any atom is 0.158 e. The van der Waals surface area contributed by atoms with Crippen molar-refractivity contribution >= 4 is 65.8 Å². The maximum atomic E-state index is 7.02. The fraction of sp³-hybridized carbons (Fsp3) is 0.138. The van der Waals surface area contributed by atoms with Gasteiger partial charge in [-0.05, 0) is 138 Å². The molecule has 2 heterocycles. The zero-order valence-electron chi connectivity index (χ0n) is 38.0. The van der Waals surface area contributed by atoms with Crippen LogP contribution in [-0.4, -0.2) is 17.6 Å². The first-order valence-electron chi connectivity index (χ1n) is 24.5. The van der Waals surface area contributed by atoms with Crippen molar-refractivity contribution in [2.75, 3.05) is 0 Å². The highest BCUT2D eigenvalue weighted by atomic mass is 16.3. The Morgan fingerprint density at radius 2 is 1.12 bits per heavy atom. The minimum absolute atomic E-state index is 0.0590. The first kappa shape index (κ1) is 39.3. The Bertz CT molecular complexity index is 3920. The number of hydrogen-bond donors (Lipinski definition) is 0. The summed E-state index contributed by atoms with van der Waals surface area (Å²) in [5.41, 5.74) is 17.1. The van der Waals surface area contributed by atoms with Crippen molar-refractivity contribution in [2.45, 2.75) is 50.5 Å².